The number of halogens is 1. The van der Waals surface area contributed by atoms with Crippen LogP contribution >= 0.6 is 27.3 Å². The summed E-state index contributed by atoms with van der Waals surface area (Å²) in [5, 5.41) is 10.6. The molecular formula is C13H8BrNO3S. The predicted octanol–water partition coefficient (Wildman–Crippen LogP) is 4.31. The first-order valence-corrected chi connectivity index (χ1v) is 6.89. The van der Waals surface area contributed by atoms with Crippen molar-refractivity contribution in [2.24, 2.45) is 0 Å². The maximum absolute atomic E-state index is 11.8. The molecule has 0 aliphatic heterocycles. The fourth-order valence-corrected chi connectivity index (χ4v) is 2.39. The second kappa shape index (κ2) is 5.90. The molecule has 0 bridgehead atoms. The molecule has 96 valence electrons. The first kappa shape index (κ1) is 13.6. The number of thiophene rings is 1. The summed E-state index contributed by atoms with van der Waals surface area (Å²) in [7, 11) is 0. The molecule has 19 heavy (non-hydrogen) atoms. The molecule has 0 saturated carbocycles. The molecule has 2 rings (SSSR count). The van der Waals surface area contributed by atoms with Crippen LogP contribution in [-0.2, 0) is 0 Å². The molecule has 0 N–H and O–H groups in total. The van der Waals surface area contributed by atoms with Gasteiger partial charge in [0, 0.05) is 21.0 Å². The molecule has 1 heterocycles. The van der Waals surface area contributed by atoms with Crippen LogP contribution in [-0.4, -0.2) is 10.7 Å². The van der Waals surface area contributed by atoms with Gasteiger partial charge in [-0.05, 0) is 42.5 Å². The van der Waals surface area contributed by atoms with Crippen molar-refractivity contribution in [1.29, 1.82) is 0 Å². The molecule has 0 spiro atoms. The zero-order chi connectivity index (χ0) is 13.8. The minimum Gasteiger partial charge on any atom is -0.289 e. The molecule has 0 aliphatic rings. The predicted molar refractivity (Wildman–Crippen MR) is 78.5 cm³/mol. The fourth-order valence-electron chi connectivity index (χ4n) is 1.40. The Morgan fingerprint density at radius 3 is 2.47 bits per heavy atom. The molecule has 4 nitrogen and oxygen atoms in total. The average Bonchev–Trinajstić information content (AvgIpc) is 2.86. The molecule has 0 unspecified atom stereocenters. The number of hydrogen-bond donors (Lipinski definition) is 0. The molecule has 0 saturated heterocycles. The van der Waals surface area contributed by atoms with E-state index in [1.807, 2.05) is 0 Å². The van der Waals surface area contributed by atoms with Crippen molar-refractivity contribution in [2.75, 3.05) is 0 Å². The summed E-state index contributed by atoms with van der Waals surface area (Å²) in [4.78, 5) is 22.6. The van der Waals surface area contributed by atoms with Gasteiger partial charge in [0.1, 0.15) is 0 Å². The third kappa shape index (κ3) is 3.59. The molecule has 0 radical (unpaired) electrons. The molecule has 2 aromatic rings. The molecule has 6 heteroatoms. The van der Waals surface area contributed by atoms with Gasteiger partial charge < -0.3 is 0 Å². The number of nitrogens with zero attached hydrogens (tertiary/aromatic N) is 1. The molecule has 1 aromatic heterocycles. The SMILES string of the molecule is O=C(/C=C/c1ccc([N+](=O)[O-])s1)c1ccc(Br)cc1. The third-order valence-electron chi connectivity index (χ3n) is 2.32. The molecular weight excluding hydrogens is 330 g/mol. The van der Waals surface area contributed by atoms with Crippen molar-refractivity contribution in [3.05, 3.63) is 67.5 Å². The van der Waals surface area contributed by atoms with Crippen molar-refractivity contribution in [3.8, 4) is 0 Å². The highest BCUT2D eigenvalue weighted by atomic mass is 79.9. The van der Waals surface area contributed by atoms with Crippen LogP contribution in [0.4, 0.5) is 5.00 Å². The van der Waals surface area contributed by atoms with Crippen molar-refractivity contribution in [2.45, 2.75) is 0 Å². The van der Waals surface area contributed by atoms with Gasteiger partial charge in [0.15, 0.2) is 5.78 Å². The highest BCUT2D eigenvalue weighted by Gasteiger charge is 2.08. The highest BCUT2D eigenvalue weighted by molar-refractivity contribution is 9.10. The van der Waals surface area contributed by atoms with Crippen LogP contribution in [0, 0.1) is 10.1 Å². The van der Waals surface area contributed by atoms with Gasteiger partial charge >= 0.3 is 5.00 Å². The topological polar surface area (TPSA) is 60.2 Å². The molecule has 1 aromatic carbocycles. The van der Waals surface area contributed by atoms with Gasteiger partial charge in [-0.3, -0.25) is 14.9 Å². The number of nitro groups is 1. The summed E-state index contributed by atoms with van der Waals surface area (Å²) >= 11 is 4.33. The summed E-state index contributed by atoms with van der Waals surface area (Å²) in [6.07, 6.45) is 3.00. The number of hydrogen-bond acceptors (Lipinski definition) is 4. The van der Waals surface area contributed by atoms with E-state index in [2.05, 4.69) is 15.9 Å². The zero-order valence-corrected chi connectivity index (χ0v) is 12.0. The molecule has 0 amide bonds. The fraction of sp³-hybridized carbons (Fsp3) is 0. The molecule has 0 atom stereocenters. The van der Waals surface area contributed by atoms with E-state index in [-0.39, 0.29) is 10.8 Å². The van der Waals surface area contributed by atoms with Crippen molar-refractivity contribution in [3.63, 3.8) is 0 Å². The van der Waals surface area contributed by atoms with E-state index in [9.17, 15) is 14.9 Å². The minimum absolute atomic E-state index is 0.0655. The Morgan fingerprint density at radius 1 is 1.21 bits per heavy atom. The Balaban J connectivity index is 2.11. The number of allylic oxidation sites excluding steroid dienone is 1. The Hall–Kier alpha value is -1.79. The Labute approximate surface area is 121 Å². The Kier molecular flexibility index (Phi) is 4.24. The van der Waals surface area contributed by atoms with Crippen LogP contribution in [0.1, 0.15) is 15.2 Å². The van der Waals surface area contributed by atoms with Crippen molar-refractivity contribution >= 4 is 44.1 Å². The average molecular weight is 338 g/mol. The lowest BCUT2D eigenvalue weighted by Gasteiger charge is -1.95. The number of ketones is 1. The lowest BCUT2D eigenvalue weighted by molar-refractivity contribution is -0.380. The van der Waals surface area contributed by atoms with Gasteiger partial charge in [-0.2, -0.15) is 0 Å². The van der Waals surface area contributed by atoms with Gasteiger partial charge in [0.2, 0.25) is 0 Å². The first-order chi connectivity index (χ1) is 9.06. The van der Waals surface area contributed by atoms with Crippen LogP contribution in [0.5, 0.6) is 0 Å². The number of carbonyl (C=O) groups excluding carboxylic acids is 1. The smallest absolute Gasteiger partial charge is 0.289 e. The van der Waals surface area contributed by atoms with Crippen LogP contribution in [0.15, 0.2) is 46.9 Å². The lowest BCUT2D eigenvalue weighted by Crippen LogP contribution is -1.92. The Morgan fingerprint density at radius 2 is 1.89 bits per heavy atom. The van der Waals surface area contributed by atoms with E-state index >= 15 is 0 Å². The summed E-state index contributed by atoms with van der Waals surface area (Å²) in [5.74, 6) is -0.136. The third-order valence-corrected chi connectivity index (χ3v) is 3.85. The zero-order valence-electron chi connectivity index (χ0n) is 9.58. The molecule has 0 aliphatic carbocycles. The van der Waals surface area contributed by atoms with Crippen LogP contribution in [0.2, 0.25) is 0 Å². The Bertz CT molecular complexity index is 646. The second-order valence-electron chi connectivity index (χ2n) is 3.64. The minimum atomic E-state index is -0.446. The quantitative estimate of drug-likeness (QED) is 0.361. The van der Waals surface area contributed by atoms with Crippen molar-refractivity contribution in [1.82, 2.24) is 0 Å². The standard InChI is InChI=1S/C13H8BrNO3S/c14-10-3-1-9(2-4-10)12(16)7-5-11-6-8-13(19-11)15(17)18/h1-8H/b7-5+. The van der Waals surface area contributed by atoms with Gasteiger partial charge in [-0.25, -0.2) is 0 Å². The van der Waals surface area contributed by atoms with E-state index in [0.29, 0.717) is 10.4 Å². The van der Waals surface area contributed by atoms with Crippen molar-refractivity contribution < 1.29 is 9.72 Å². The number of benzene rings is 1. The van der Waals surface area contributed by atoms with Crippen LogP contribution in [0.25, 0.3) is 6.08 Å². The van der Waals surface area contributed by atoms with E-state index < -0.39 is 4.92 Å². The summed E-state index contributed by atoms with van der Waals surface area (Å²) in [6, 6.07) is 10.1. The van der Waals surface area contributed by atoms with Crippen LogP contribution < -0.4 is 0 Å². The van der Waals surface area contributed by atoms with E-state index in [1.165, 1.54) is 12.1 Å². The monoisotopic (exact) mass is 337 g/mol. The van der Waals surface area contributed by atoms with Gasteiger partial charge in [0.05, 0.1) is 4.92 Å². The van der Waals surface area contributed by atoms with Crippen LogP contribution in [0.3, 0.4) is 0 Å². The van der Waals surface area contributed by atoms with E-state index in [0.717, 1.165) is 15.8 Å². The number of rotatable bonds is 4. The lowest BCUT2D eigenvalue weighted by atomic mass is 10.1. The van der Waals surface area contributed by atoms with E-state index in [4.69, 9.17) is 0 Å². The highest BCUT2D eigenvalue weighted by Crippen LogP contribution is 2.25. The van der Waals surface area contributed by atoms with Gasteiger partial charge in [-0.15, -0.1) is 0 Å². The summed E-state index contributed by atoms with van der Waals surface area (Å²) in [6.45, 7) is 0. The maximum atomic E-state index is 11.8. The number of carbonyl (C=O) groups is 1. The molecule has 0 fully saturated rings. The van der Waals surface area contributed by atoms with Gasteiger partial charge in [-0.1, -0.05) is 27.3 Å². The largest absolute Gasteiger partial charge is 0.324 e. The summed E-state index contributed by atoms with van der Waals surface area (Å²) in [5.41, 5.74) is 0.575. The summed E-state index contributed by atoms with van der Waals surface area (Å²) < 4.78 is 0.905. The van der Waals surface area contributed by atoms with E-state index in [1.54, 1.807) is 36.4 Å². The maximum Gasteiger partial charge on any atom is 0.324 e. The normalized spacial score (nSPS) is 10.8. The first-order valence-electron chi connectivity index (χ1n) is 5.28. The van der Waals surface area contributed by atoms with Gasteiger partial charge in [0.25, 0.3) is 0 Å². The second-order valence-corrected chi connectivity index (χ2v) is 5.65.